The molecule has 0 bridgehead atoms. The average Bonchev–Trinajstić information content (AvgIpc) is 3.33. The maximum Gasteiger partial charge on any atom is 0.306 e. The minimum absolute atomic E-state index is 0.0405. The van der Waals surface area contributed by atoms with Gasteiger partial charge in [0, 0.05) is 13.0 Å². The first-order valence-electron chi connectivity index (χ1n) is 26.4. The number of allylic oxidation sites excluding steroid dienone is 10. The molecular formula is C54H94O14. The van der Waals surface area contributed by atoms with E-state index in [1.54, 1.807) is 0 Å². The van der Waals surface area contributed by atoms with Crippen LogP contribution in [0.5, 0.6) is 0 Å². The van der Waals surface area contributed by atoms with Crippen LogP contribution >= 0.6 is 0 Å². The molecule has 394 valence electrons. The van der Waals surface area contributed by atoms with E-state index in [-0.39, 0.29) is 19.6 Å². The van der Waals surface area contributed by atoms with E-state index in [2.05, 4.69) is 74.6 Å². The van der Waals surface area contributed by atoms with Crippen LogP contribution in [0.3, 0.4) is 0 Å². The van der Waals surface area contributed by atoms with Crippen LogP contribution in [-0.2, 0) is 33.2 Å². The SMILES string of the molecule is CC/C=C\C/C=C\C/C=C\C/C=C\CCCCC(=O)OC(COCCCCCCCCCC/C=C\CCCCCCCCC)COC1OC(COC2OC(CO)C(O)C(O)C2O)C(O)C(O)C1O. The molecule has 2 aliphatic rings. The zero-order chi connectivity index (χ0) is 49.5. The Kier molecular flexibility index (Phi) is 37.6. The summed E-state index contributed by atoms with van der Waals surface area (Å²) < 4.78 is 34.2. The highest BCUT2D eigenvalue weighted by Gasteiger charge is 2.47. The molecule has 11 atom stereocenters. The van der Waals surface area contributed by atoms with E-state index < -0.39 is 86.7 Å². The van der Waals surface area contributed by atoms with Crippen LogP contribution in [0.4, 0.5) is 0 Å². The third-order valence-corrected chi connectivity index (χ3v) is 12.3. The second kappa shape index (κ2) is 41.3. The Bertz CT molecular complexity index is 1350. The summed E-state index contributed by atoms with van der Waals surface area (Å²) in [5.74, 6) is -0.418. The van der Waals surface area contributed by atoms with Crippen molar-refractivity contribution in [3.8, 4) is 0 Å². The molecule has 0 spiro atoms. The second-order valence-corrected chi connectivity index (χ2v) is 18.3. The third kappa shape index (κ3) is 28.5. The first-order valence-corrected chi connectivity index (χ1v) is 26.4. The highest BCUT2D eigenvalue weighted by Crippen LogP contribution is 2.26. The zero-order valence-electron chi connectivity index (χ0n) is 41.8. The number of esters is 1. The molecule has 14 heteroatoms. The number of hydrogen-bond donors (Lipinski definition) is 7. The second-order valence-electron chi connectivity index (χ2n) is 18.3. The van der Waals surface area contributed by atoms with Gasteiger partial charge in [0.05, 0.1) is 26.4 Å². The van der Waals surface area contributed by atoms with Crippen molar-refractivity contribution in [2.24, 2.45) is 0 Å². The van der Waals surface area contributed by atoms with Crippen molar-refractivity contribution >= 4 is 5.97 Å². The lowest BCUT2D eigenvalue weighted by Gasteiger charge is -2.42. The molecule has 2 heterocycles. The van der Waals surface area contributed by atoms with E-state index in [4.69, 9.17) is 28.4 Å². The van der Waals surface area contributed by atoms with Crippen LogP contribution in [0.1, 0.15) is 174 Å². The minimum Gasteiger partial charge on any atom is -0.457 e. The molecule has 0 aromatic rings. The molecule has 0 aromatic heterocycles. The standard InChI is InChI=1S/C54H94O14/c1-3-5-7-9-11-13-15-17-19-20-21-22-24-26-28-30-32-34-36-38-63-40-43(66-46(56)37-35-33-31-29-27-25-23-18-16-14-12-10-8-6-4-2)41-64-53-52(62)50(60)48(58)45(68-53)42-65-54-51(61)49(59)47(57)44(39-55)67-54/h6,8,12,14,18-20,23,27,29,43-45,47-55,57-62H,3-5,7,9-11,13,15-17,21-22,24-26,28,30-42H2,1-2H3/b8-6-,14-12-,20-19-,23-18-,29-27-. The topological polar surface area (TPSA) is 214 Å². The molecule has 68 heavy (non-hydrogen) atoms. The van der Waals surface area contributed by atoms with E-state index >= 15 is 0 Å². The Balaban J connectivity index is 1.77. The normalized spacial score (nSPS) is 26.4. The summed E-state index contributed by atoms with van der Waals surface area (Å²) in [5, 5.41) is 72.1. The van der Waals surface area contributed by atoms with E-state index in [1.165, 1.54) is 89.9 Å². The minimum atomic E-state index is -1.72. The highest BCUT2D eigenvalue weighted by molar-refractivity contribution is 5.69. The van der Waals surface area contributed by atoms with Crippen molar-refractivity contribution in [2.45, 2.75) is 242 Å². The van der Waals surface area contributed by atoms with Crippen molar-refractivity contribution in [3.63, 3.8) is 0 Å². The lowest BCUT2D eigenvalue weighted by molar-refractivity contribution is -0.332. The van der Waals surface area contributed by atoms with Gasteiger partial charge in [-0.1, -0.05) is 152 Å². The van der Waals surface area contributed by atoms with Gasteiger partial charge in [-0.2, -0.15) is 0 Å². The Morgan fingerprint density at radius 3 is 1.51 bits per heavy atom. The number of aliphatic hydroxyl groups excluding tert-OH is 7. The van der Waals surface area contributed by atoms with Gasteiger partial charge in [0.2, 0.25) is 0 Å². The van der Waals surface area contributed by atoms with Gasteiger partial charge in [-0.05, 0) is 77.0 Å². The van der Waals surface area contributed by atoms with Gasteiger partial charge in [0.25, 0.3) is 0 Å². The predicted octanol–water partition coefficient (Wildman–Crippen LogP) is 8.13. The maximum absolute atomic E-state index is 13.0. The van der Waals surface area contributed by atoms with Gasteiger partial charge < -0.3 is 64.2 Å². The summed E-state index contributed by atoms with van der Waals surface area (Å²) in [6.45, 7) is 3.50. The van der Waals surface area contributed by atoms with Crippen LogP contribution < -0.4 is 0 Å². The van der Waals surface area contributed by atoms with Crippen LogP contribution in [-0.4, -0.2) is 142 Å². The fraction of sp³-hybridized carbons (Fsp3) is 0.796. The molecule has 0 aromatic carbocycles. The van der Waals surface area contributed by atoms with Gasteiger partial charge in [-0.25, -0.2) is 0 Å². The number of carbonyl (C=O) groups is 1. The fourth-order valence-electron chi connectivity index (χ4n) is 7.98. The molecule has 0 saturated carbocycles. The van der Waals surface area contributed by atoms with Crippen molar-refractivity contribution in [3.05, 3.63) is 60.8 Å². The van der Waals surface area contributed by atoms with Crippen molar-refractivity contribution in [1.82, 2.24) is 0 Å². The molecule has 2 saturated heterocycles. The molecule has 11 unspecified atom stereocenters. The van der Waals surface area contributed by atoms with E-state index in [0.717, 1.165) is 57.8 Å². The van der Waals surface area contributed by atoms with Gasteiger partial charge in [0.15, 0.2) is 12.6 Å². The Hall–Kier alpha value is -2.31. The van der Waals surface area contributed by atoms with Crippen molar-refractivity contribution in [1.29, 1.82) is 0 Å². The Labute approximate surface area is 409 Å². The number of carbonyl (C=O) groups excluding carboxylic acids is 1. The van der Waals surface area contributed by atoms with Gasteiger partial charge in [0.1, 0.15) is 54.9 Å². The maximum atomic E-state index is 13.0. The summed E-state index contributed by atoms with van der Waals surface area (Å²) in [4.78, 5) is 13.0. The van der Waals surface area contributed by atoms with E-state index in [0.29, 0.717) is 13.0 Å². The van der Waals surface area contributed by atoms with Crippen LogP contribution in [0.15, 0.2) is 60.8 Å². The van der Waals surface area contributed by atoms with E-state index in [1.807, 2.05) is 0 Å². The van der Waals surface area contributed by atoms with Crippen molar-refractivity contribution in [2.75, 3.05) is 33.0 Å². The first kappa shape index (κ1) is 61.8. The zero-order valence-corrected chi connectivity index (χ0v) is 41.8. The van der Waals surface area contributed by atoms with Gasteiger partial charge in [-0.15, -0.1) is 0 Å². The summed E-state index contributed by atoms with van der Waals surface area (Å²) in [5.41, 5.74) is 0. The van der Waals surface area contributed by atoms with Crippen LogP contribution in [0, 0.1) is 0 Å². The number of rotatable bonds is 41. The smallest absolute Gasteiger partial charge is 0.306 e. The molecule has 2 rings (SSSR count). The predicted molar refractivity (Wildman–Crippen MR) is 266 cm³/mol. The molecule has 2 fully saturated rings. The molecule has 0 aliphatic carbocycles. The third-order valence-electron chi connectivity index (χ3n) is 12.3. The van der Waals surface area contributed by atoms with Crippen LogP contribution in [0.25, 0.3) is 0 Å². The summed E-state index contributed by atoms with van der Waals surface area (Å²) in [7, 11) is 0. The monoisotopic (exact) mass is 967 g/mol. The Morgan fingerprint density at radius 1 is 0.500 bits per heavy atom. The number of unbranched alkanes of at least 4 members (excludes halogenated alkanes) is 17. The molecule has 0 amide bonds. The van der Waals surface area contributed by atoms with Gasteiger partial charge in [-0.3, -0.25) is 4.79 Å². The summed E-state index contributed by atoms with van der Waals surface area (Å²) in [6, 6.07) is 0. The Morgan fingerprint density at radius 2 is 0.956 bits per heavy atom. The lowest BCUT2D eigenvalue weighted by Crippen LogP contribution is -2.61. The largest absolute Gasteiger partial charge is 0.457 e. The molecule has 14 nitrogen and oxygen atoms in total. The molecular weight excluding hydrogens is 873 g/mol. The number of ether oxygens (including phenoxy) is 6. The highest BCUT2D eigenvalue weighted by atomic mass is 16.7. The lowest BCUT2D eigenvalue weighted by atomic mass is 9.98. The van der Waals surface area contributed by atoms with Crippen LogP contribution in [0.2, 0.25) is 0 Å². The quantitative estimate of drug-likeness (QED) is 0.0175. The number of aliphatic hydroxyl groups is 7. The fourth-order valence-corrected chi connectivity index (χ4v) is 7.98. The summed E-state index contributed by atoms with van der Waals surface area (Å²) >= 11 is 0. The average molecular weight is 967 g/mol. The van der Waals surface area contributed by atoms with Gasteiger partial charge >= 0.3 is 5.97 Å². The molecule has 2 aliphatic heterocycles. The molecule has 0 radical (unpaired) electrons. The van der Waals surface area contributed by atoms with Crippen molar-refractivity contribution < 1.29 is 69.0 Å². The number of hydrogen-bond acceptors (Lipinski definition) is 14. The molecule has 7 N–H and O–H groups in total. The summed E-state index contributed by atoms with van der Waals surface area (Å²) in [6.07, 6.45) is 32.9. The first-order chi connectivity index (χ1) is 33.1. The van der Waals surface area contributed by atoms with E-state index in [9.17, 15) is 40.5 Å².